The average Bonchev–Trinajstić information content (AvgIpc) is 2.20. The van der Waals surface area contributed by atoms with Gasteiger partial charge in [-0.2, -0.15) is 5.16 Å². The van der Waals surface area contributed by atoms with Gasteiger partial charge in [-0.3, -0.25) is 4.79 Å². The summed E-state index contributed by atoms with van der Waals surface area (Å²) in [6.07, 6.45) is 1.78. The van der Waals surface area contributed by atoms with E-state index in [0.29, 0.717) is 5.76 Å². The number of hydrogen-bond acceptors (Lipinski definition) is 2. The largest absolute Gasteiger partial charge is 0.384 e. The molecule has 1 aromatic heterocycles. The lowest BCUT2D eigenvalue weighted by atomic mass is 10.2. The monoisotopic (exact) mass is 141 g/mol. The lowest BCUT2D eigenvalue weighted by molar-refractivity contribution is 0.391. The molecule has 0 unspecified atom stereocenters. The number of nitrogens with one attached hydrogen (secondary N) is 1. The Bertz CT molecular complexity index is 259. The first kappa shape index (κ1) is 7.12. The highest BCUT2D eigenvalue weighted by Gasteiger charge is 2.05. The maximum absolute atomic E-state index is 10.9. The Balaban J connectivity index is 2.99. The molecule has 0 saturated heterocycles. The third kappa shape index (κ3) is 1.12. The second-order valence-corrected chi connectivity index (χ2v) is 2.32. The van der Waals surface area contributed by atoms with Gasteiger partial charge in [-0.1, -0.05) is 13.3 Å². The first-order chi connectivity index (χ1) is 4.75. The molecular formula is C7H11NO2. The van der Waals surface area contributed by atoms with Crippen molar-refractivity contribution in [2.75, 3.05) is 0 Å². The molecule has 0 aliphatic heterocycles. The maximum Gasteiger partial charge on any atom is 0.283 e. The first-order valence-electron chi connectivity index (χ1n) is 3.42. The molecule has 0 aromatic carbocycles. The Morgan fingerprint density at radius 3 is 2.70 bits per heavy atom. The standard InChI is InChI=1S/C7H11NO2/c1-3-4-6-5(2)10-8-7(6)9/h3-4H2,1-2H3,(H,8,9). The van der Waals surface area contributed by atoms with Crippen LogP contribution in [0.5, 0.6) is 0 Å². The van der Waals surface area contributed by atoms with Crippen LogP contribution in [0.25, 0.3) is 0 Å². The number of aromatic nitrogens is 1. The van der Waals surface area contributed by atoms with E-state index in [0.717, 1.165) is 18.4 Å². The van der Waals surface area contributed by atoms with E-state index in [2.05, 4.69) is 5.16 Å². The highest BCUT2D eigenvalue weighted by Crippen LogP contribution is 2.02. The van der Waals surface area contributed by atoms with Gasteiger partial charge in [0.15, 0.2) is 0 Å². The average molecular weight is 141 g/mol. The van der Waals surface area contributed by atoms with Crippen LogP contribution >= 0.6 is 0 Å². The molecule has 0 aliphatic carbocycles. The van der Waals surface area contributed by atoms with Crippen LogP contribution < -0.4 is 5.56 Å². The predicted octanol–water partition coefficient (Wildman–Crippen LogP) is 1.23. The van der Waals surface area contributed by atoms with E-state index in [1.54, 1.807) is 6.92 Å². The summed E-state index contributed by atoms with van der Waals surface area (Å²) in [5, 5.41) is 2.29. The van der Waals surface area contributed by atoms with Crippen molar-refractivity contribution in [3.8, 4) is 0 Å². The SMILES string of the molecule is CCCc1c(C)o[nH]c1=O. The smallest absolute Gasteiger partial charge is 0.283 e. The first-order valence-corrected chi connectivity index (χ1v) is 3.42. The van der Waals surface area contributed by atoms with E-state index in [-0.39, 0.29) is 5.56 Å². The van der Waals surface area contributed by atoms with Gasteiger partial charge >= 0.3 is 0 Å². The fraction of sp³-hybridized carbons (Fsp3) is 0.571. The van der Waals surface area contributed by atoms with Crippen LogP contribution in [-0.4, -0.2) is 5.16 Å². The van der Waals surface area contributed by atoms with E-state index in [1.807, 2.05) is 6.92 Å². The van der Waals surface area contributed by atoms with Gasteiger partial charge < -0.3 is 4.52 Å². The molecule has 1 heterocycles. The van der Waals surface area contributed by atoms with Gasteiger partial charge in [0, 0.05) is 0 Å². The van der Waals surface area contributed by atoms with Crippen molar-refractivity contribution in [2.24, 2.45) is 0 Å². The summed E-state index contributed by atoms with van der Waals surface area (Å²) in [6.45, 7) is 3.83. The van der Waals surface area contributed by atoms with E-state index in [9.17, 15) is 4.79 Å². The summed E-state index contributed by atoms with van der Waals surface area (Å²) in [4.78, 5) is 10.9. The van der Waals surface area contributed by atoms with Crippen LogP contribution in [0.3, 0.4) is 0 Å². The molecule has 0 amide bonds. The van der Waals surface area contributed by atoms with Gasteiger partial charge in [-0.15, -0.1) is 0 Å². The van der Waals surface area contributed by atoms with E-state index >= 15 is 0 Å². The number of H-pyrrole nitrogens is 1. The van der Waals surface area contributed by atoms with Gasteiger partial charge in [-0.25, -0.2) is 0 Å². The lowest BCUT2D eigenvalue weighted by Gasteiger charge is -1.88. The quantitative estimate of drug-likeness (QED) is 0.673. The molecule has 0 fully saturated rings. The second-order valence-electron chi connectivity index (χ2n) is 2.32. The Morgan fingerprint density at radius 2 is 2.30 bits per heavy atom. The fourth-order valence-corrected chi connectivity index (χ4v) is 0.946. The van der Waals surface area contributed by atoms with Crippen LogP contribution in [0.1, 0.15) is 24.7 Å². The van der Waals surface area contributed by atoms with Gasteiger partial charge in [-0.05, 0) is 13.3 Å². The fourth-order valence-electron chi connectivity index (χ4n) is 0.946. The molecule has 0 aliphatic rings. The van der Waals surface area contributed by atoms with Crippen molar-refractivity contribution >= 4 is 0 Å². The number of hydrogen-bond donors (Lipinski definition) is 1. The Morgan fingerprint density at radius 1 is 1.60 bits per heavy atom. The second kappa shape index (κ2) is 2.73. The molecular weight excluding hydrogens is 130 g/mol. The zero-order chi connectivity index (χ0) is 7.56. The van der Waals surface area contributed by atoms with Crippen molar-refractivity contribution in [1.29, 1.82) is 0 Å². The van der Waals surface area contributed by atoms with Gasteiger partial charge in [0.1, 0.15) is 5.76 Å². The minimum atomic E-state index is -0.0839. The Labute approximate surface area is 59.0 Å². The van der Waals surface area contributed by atoms with E-state index < -0.39 is 0 Å². The number of aromatic amines is 1. The Hall–Kier alpha value is -0.990. The molecule has 10 heavy (non-hydrogen) atoms. The van der Waals surface area contributed by atoms with Crippen LogP contribution in [0.4, 0.5) is 0 Å². The van der Waals surface area contributed by atoms with Crippen LogP contribution in [0.15, 0.2) is 9.32 Å². The van der Waals surface area contributed by atoms with Crippen molar-refractivity contribution in [1.82, 2.24) is 5.16 Å². The minimum Gasteiger partial charge on any atom is -0.384 e. The molecule has 0 radical (unpaired) electrons. The van der Waals surface area contributed by atoms with Crippen molar-refractivity contribution < 1.29 is 4.52 Å². The maximum atomic E-state index is 10.9. The van der Waals surface area contributed by atoms with Crippen molar-refractivity contribution in [3.63, 3.8) is 0 Å². The van der Waals surface area contributed by atoms with Gasteiger partial charge in [0.2, 0.25) is 0 Å². The van der Waals surface area contributed by atoms with E-state index in [4.69, 9.17) is 4.52 Å². The lowest BCUT2D eigenvalue weighted by Crippen LogP contribution is -2.05. The molecule has 0 atom stereocenters. The van der Waals surface area contributed by atoms with Gasteiger partial charge in [0.05, 0.1) is 5.56 Å². The molecule has 0 saturated carbocycles. The predicted molar refractivity (Wildman–Crippen MR) is 38.1 cm³/mol. The molecule has 1 N–H and O–H groups in total. The minimum absolute atomic E-state index is 0.0839. The normalized spacial score (nSPS) is 10.2. The number of aryl methyl sites for hydroxylation is 1. The summed E-state index contributed by atoms with van der Waals surface area (Å²) in [7, 11) is 0. The summed E-state index contributed by atoms with van der Waals surface area (Å²) in [5.74, 6) is 0.715. The third-order valence-corrected chi connectivity index (χ3v) is 1.50. The number of rotatable bonds is 2. The van der Waals surface area contributed by atoms with Crippen LogP contribution in [0, 0.1) is 6.92 Å². The summed E-state index contributed by atoms with van der Waals surface area (Å²) in [6, 6.07) is 0. The molecule has 0 spiro atoms. The summed E-state index contributed by atoms with van der Waals surface area (Å²) in [5.41, 5.74) is 0.696. The molecule has 3 nitrogen and oxygen atoms in total. The van der Waals surface area contributed by atoms with Crippen LogP contribution in [0.2, 0.25) is 0 Å². The third-order valence-electron chi connectivity index (χ3n) is 1.50. The Kier molecular flexibility index (Phi) is 1.94. The zero-order valence-electron chi connectivity index (χ0n) is 6.23. The van der Waals surface area contributed by atoms with Crippen molar-refractivity contribution in [2.45, 2.75) is 26.7 Å². The zero-order valence-corrected chi connectivity index (χ0v) is 6.23. The summed E-state index contributed by atoms with van der Waals surface area (Å²) >= 11 is 0. The molecule has 1 rings (SSSR count). The van der Waals surface area contributed by atoms with E-state index in [1.165, 1.54) is 0 Å². The highest BCUT2D eigenvalue weighted by atomic mass is 16.5. The molecule has 1 aromatic rings. The summed E-state index contributed by atoms with van der Waals surface area (Å²) < 4.78 is 4.81. The highest BCUT2D eigenvalue weighted by molar-refractivity contribution is 5.11. The molecule has 0 bridgehead atoms. The molecule has 3 heteroatoms. The molecule has 56 valence electrons. The van der Waals surface area contributed by atoms with Gasteiger partial charge in [0.25, 0.3) is 5.56 Å². The van der Waals surface area contributed by atoms with Crippen LogP contribution in [-0.2, 0) is 6.42 Å². The topological polar surface area (TPSA) is 46.0 Å². The van der Waals surface area contributed by atoms with Crippen molar-refractivity contribution in [3.05, 3.63) is 21.7 Å².